The van der Waals surface area contributed by atoms with Gasteiger partial charge >= 0.3 is 0 Å². The van der Waals surface area contributed by atoms with Crippen molar-refractivity contribution in [2.75, 3.05) is 6.61 Å². The standard InChI is InChI=1S/C15H22O3/c1-9-4-5-14(3)12(6-9)18-13-10(2)15(14,8-16)7-11(13)17/h6,11-13,16-17H,2,4-5,7-8H2,1,3H3/t11-,12-,13+,14+,15-/m1/s1. The topological polar surface area (TPSA) is 49.7 Å². The van der Waals surface area contributed by atoms with E-state index < -0.39 is 6.10 Å². The van der Waals surface area contributed by atoms with Crippen molar-refractivity contribution >= 4 is 0 Å². The lowest BCUT2D eigenvalue weighted by Gasteiger charge is -2.55. The van der Waals surface area contributed by atoms with Crippen LogP contribution in [0.3, 0.4) is 0 Å². The molecule has 5 atom stereocenters. The average molecular weight is 250 g/mol. The maximum Gasteiger partial charge on any atom is 0.106 e. The molecule has 1 saturated carbocycles. The largest absolute Gasteiger partial charge is 0.395 e. The highest BCUT2D eigenvalue weighted by Crippen LogP contribution is 2.63. The molecule has 1 aliphatic heterocycles. The summed E-state index contributed by atoms with van der Waals surface area (Å²) in [6.07, 6.45) is 3.92. The summed E-state index contributed by atoms with van der Waals surface area (Å²) in [5, 5.41) is 20.2. The highest BCUT2D eigenvalue weighted by molar-refractivity contribution is 5.35. The van der Waals surface area contributed by atoms with Gasteiger partial charge in [-0.1, -0.05) is 25.2 Å². The predicted octanol–water partition coefficient (Wildman–Crippen LogP) is 1.80. The van der Waals surface area contributed by atoms with Gasteiger partial charge in [0.1, 0.15) is 6.10 Å². The van der Waals surface area contributed by atoms with Crippen molar-refractivity contribution < 1.29 is 14.9 Å². The highest BCUT2D eigenvalue weighted by Gasteiger charge is 2.65. The van der Waals surface area contributed by atoms with Crippen LogP contribution in [-0.2, 0) is 4.74 Å². The number of aliphatic hydroxyl groups is 2. The summed E-state index contributed by atoms with van der Waals surface area (Å²) in [6, 6.07) is 0. The van der Waals surface area contributed by atoms with Crippen LogP contribution in [0, 0.1) is 10.8 Å². The summed E-state index contributed by atoms with van der Waals surface area (Å²) in [6.45, 7) is 8.48. The first-order chi connectivity index (χ1) is 8.44. The molecule has 0 amide bonds. The van der Waals surface area contributed by atoms with Gasteiger partial charge in [0.15, 0.2) is 0 Å². The highest BCUT2D eigenvalue weighted by atomic mass is 16.5. The normalized spacial score (nSPS) is 51.0. The molecular weight excluding hydrogens is 228 g/mol. The second-order valence-electron chi connectivity index (χ2n) is 6.44. The lowest BCUT2D eigenvalue weighted by atomic mass is 9.54. The van der Waals surface area contributed by atoms with Crippen molar-refractivity contribution in [3.05, 3.63) is 23.8 Å². The van der Waals surface area contributed by atoms with E-state index in [1.54, 1.807) is 0 Å². The Labute approximate surface area is 108 Å². The summed E-state index contributed by atoms with van der Waals surface area (Å²) in [4.78, 5) is 0. The molecule has 3 nitrogen and oxygen atoms in total. The molecule has 3 aliphatic rings. The van der Waals surface area contributed by atoms with E-state index in [1.807, 2.05) is 0 Å². The van der Waals surface area contributed by atoms with Crippen LogP contribution in [0.15, 0.2) is 23.8 Å². The van der Waals surface area contributed by atoms with Crippen LogP contribution in [0.2, 0.25) is 0 Å². The molecule has 0 aromatic rings. The maximum absolute atomic E-state index is 10.2. The van der Waals surface area contributed by atoms with Gasteiger partial charge in [0.05, 0.1) is 18.8 Å². The SMILES string of the molecule is C=C1[C@@H]2O[C@@H]3C=C(C)CC[C@]3(C)[C@@]1(CO)C[C@H]2O. The number of fused-ring (bicyclic) bond motifs is 4. The molecule has 3 rings (SSSR count). The van der Waals surface area contributed by atoms with E-state index in [0.717, 1.165) is 18.4 Å². The van der Waals surface area contributed by atoms with E-state index in [9.17, 15) is 10.2 Å². The van der Waals surface area contributed by atoms with E-state index in [-0.39, 0.29) is 29.6 Å². The van der Waals surface area contributed by atoms with Gasteiger partial charge in [0, 0.05) is 10.8 Å². The van der Waals surface area contributed by atoms with Gasteiger partial charge in [-0.25, -0.2) is 0 Å². The molecule has 2 aliphatic carbocycles. The molecule has 18 heavy (non-hydrogen) atoms. The van der Waals surface area contributed by atoms with E-state index in [4.69, 9.17) is 4.74 Å². The third-order valence-corrected chi connectivity index (χ3v) is 5.62. The fourth-order valence-electron chi connectivity index (χ4n) is 4.20. The van der Waals surface area contributed by atoms with Crippen LogP contribution in [0.5, 0.6) is 0 Å². The lowest BCUT2D eigenvalue weighted by Crippen LogP contribution is -2.55. The molecule has 2 bridgehead atoms. The Morgan fingerprint density at radius 1 is 1.56 bits per heavy atom. The van der Waals surface area contributed by atoms with Gasteiger partial charge in [-0.2, -0.15) is 0 Å². The summed E-state index contributed by atoms with van der Waals surface area (Å²) < 4.78 is 6.07. The molecule has 1 saturated heterocycles. The Bertz CT molecular complexity index is 427. The lowest BCUT2D eigenvalue weighted by molar-refractivity contribution is -0.132. The number of hydrogen-bond acceptors (Lipinski definition) is 3. The maximum atomic E-state index is 10.2. The smallest absolute Gasteiger partial charge is 0.106 e. The Morgan fingerprint density at radius 3 is 2.94 bits per heavy atom. The summed E-state index contributed by atoms with van der Waals surface area (Å²) >= 11 is 0. The molecule has 2 fully saturated rings. The number of hydrogen-bond donors (Lipinski definition) is 2. The number of ether oxygens (including phenoxy) is 1. The summed E-state index contributed by atoms with van der Waals surface area (Å²) in [7, 11) is 0. The zero-order valence-electron chi connectivity index (χ0n) is 11.1. The van der Waals surface area contributed by atoms with Crippen LogP contribution in [0.4, 0.5) is 0 Å². The molecule has 2 N–H and O–H groups in total. The molecule has 0 radical (unpaired) electrons. The van der Waals surface area contributed by atoms with Crippen molar-refractivity contribution in [2.24, 2.45) is 10.8 Å². The molecule has 100 valence electrons. The van der Waals surface area contributed by atoms with Crippen LogP contribution in [0.1, 0.15) is 33.1 Å². The van der Waals surface area contributed by atoms with Crippen LogP contribution < -0.4 is 0 Å². The Balaban J connectivity index is 2.12. The third-order valence-electron chi connectivity index (χ3n) is 5.62. The van der Waals surface area contributed by atoms with Crippen molar-refractivity contribution in [3.8, 4) is 0 Å². The Kier molecular flexibility index (Phi) is 2.54. The monoisotopic (exact) mass is 250 g/mol. The van der Waals surface area contributed by atoms with Crippen LogP contribution in [0.25, 0.3) is 0 Å². The minimum Gasteiger partial charge on any atom is -0.395 e. The molecule has 0 unspecified atom stereocenters. The first-order valence-corrected chi connectivity index (χ1v) is 6.75. The molecular formula is C15H22O3. The average Bonchev–Trinajstić information content (AvgIpc) is 2.52. The van der Waals surface area contributed by atoms with Crippen molar-refractivity contribution in [1.29, 1.82) is 0 Å². The second-order valence-corrected chi connectivity index (χ2v) is 6.44. The zero-order valence-corrected chi connectivity index (χ0v) is 11.1. The fourth-order valence-corrected chi connectivity index (χ4v) is 4.20. The Hall–Kier alpha value is -0.640. The minimum atomic E-state index is -0.527. The number of rotatable bonds is 1. The summed E-state index contributed by atoms with van der Waals surface area (Å²) in [5.41, 5.74) is 1.71. The van der Waals surface area contributed by atoms with Gasteiger partial charge in [-0.05, 0) is 31.8 Å². The number of aliphatic hydroxyl groups excluding tert-OH is 2. The van der Waals surface area contributed by atoms with E-state index in [2.05, 4.69) is 26.5 Å². The third kappa shape index (κ3) is 1.25. The summed E-state index contributed by atoms with van der Waals surface area (Å²) in [5.74, 6) is 0. The molecule has 0 aromatic heterocycles. The number of allylic oxidation sites excluding steroid dienone is 1. The Morgan fingerprint density at radius 2 is 2.28 bits per heavy atom. The van der Waals surface area contributed by atoms with Gasteiger partial charge < -0.3 is 14.9 Å². The first kappa shape index (κ1) is 12.4. The van der Waals surface area contributed by atoms with Crippen LogP contribution in [-0.4, -0.2) is 35.1 Å². The minimum absolute atomic E-state index is 0.00829. The van der Waals surface area contributed by atoms with Crippen molar-refractivity contribution in [1.82, 2.24) is 0 Å². The van der Waals surface area contributed by atoms with Gasteiger partial charge in [0.25, 0.3) is 0 Å². The predicted molar refractivity (Wildman–Crippen MR) is 69.0 cm³/mol. The van der Waals surface area contributed by atoms with Crippen molar-refractivity contribution in [2.45, 2.75) is 51.4 Å². The van der Waals surface area contributed by atoms with Gasteiger partial charge in [0.2, 0.25) is 0 Å². The van der Waals surface area contributed by atoms with Crippen LogP contribution >= 0.6 is 0 Å². The van der Waals surface area contributed by atoms with E-state index in [1.165, 1.54) is 5.57 Å². The zero-order chi connectivity index (χ0) is 13.1. The molecule has 3 heteroatoms. The molecule has 0 spiro atoms. The van der Waals surface area contributed by atoms with Gasteiger partial charge in [-0.15, -0.1) is 0 Å². The second kappa shape index (κ2) is 3.69. The fraction of sp³-hybridized carbons (Fsp3) is 0.733. The van der Waals surface area contributed by atoms with E-state index >= 15 is 0 Å². The van der Waals surface area contributed by atoms with Gasteiger partial charge in [-0.3, -0.25) is 0 Å². The van der Waals surface area contributed by atoms with E-state index in [0.29, 0.717) is 6.42 Å². The molecule has 0 aromatic carbocycles. The quantitative estimate of drug-likeness (QED) is 0.698. The molecule has 1 heterocycles. The van der Waals surface area contributed by atoms with Crippen molar-refractivity contribution in [3.63, 3.8) is 0 Å². The first-order valence-electron chi connectivity index (χ1n) is 6.75.